The van der Waals surface area contributed by atoms with Crippen LogP contribution in [0.2, 0.25) is 0 Å². The van der Waals surface area contributed by atoms with Gasteiger partial charge < -0.3 is 15.4 Å². The predicted octanol–water partition coefficient (Wildman–Crippen LogP) is 2.73. The van der Waals surface area contributed by atoms with Crippen LogP contribution in [0.4, 0.5) is 14.5 Å². The Kier molecular flexibility index (Phi) is 5.83. The van der Waals surface area contributed by atoms with E-state index in [0.717, 1.165) is 18.2 Å². The maximum atomic E-state index is 13.5. The minimum atomic E-state index is -0.809. The summed E-state index contributed by atoms with van der Waals surface area (Å²) in [5.41, 5.74) is 0.000541. The van der Waals surface area contributed by atoms with Crippen molar-refractivity contribution in [3.8, 4) is 5.75 Å². The molecule has 0 atom stereocenters. The summed E-state index contributed by atoms with van der Waals surface area (Å²) in [6.07, 6.45) is 0. The molecule has 5 nitrogen and oxygen atoms in total. The average Bonchev–Trinajstić information content (AvgIpc) is 2.56. The van der Waals surface area contributed by atoms with E-state index in [0.29, 0.717) is 18.0 Å². The molecule has 2 rings (SSSR count). The van der Waals surface area contributed by atoms with Gasteiger partial charge in [-0.1, -0.05) is 0 Å². The molecule has 0 unspecified atom stereocenters. The first-order chi connectivity index (χ1) is 11.5. The molecule has 0 aliphatic carbocycles. The van der Waals surface area contributed by atoms with E-state index in [1.54, 1.807) is 19.1 Å². The lowest BCUT2D eigenvalue weighted by atomic mass is 10.2. The van der Waals surface area contributed by atoms with Gasteiger partial charge in [0, 0.05) is 12.2 Å². The molecule has 0 saturated heterocycles. The molecule has 24 heavy (non-hydrogen) atoms. The van der Waals surface area contributed by atoms with Crippen molar-refractivity contribution in [2.75, 3.05) is 18.5 Å². The number of carbonyl (C=O) groups excluding carboxylic acids is 2. The van der Waals surface area contributed by atoms with E-state index in [1.807, 2.05) is 0 Å². The second-order valence-electron chi connectivity index (χ2n) is 4.84. The van der Waals surface area contributed by atoms with Gasteiger partial charge in [-0.15, -0.1) is 0 Å². The number of amides is 2. The van der Waals surface area contributed by atoms with Gasteiger partial charge in [0.1, 0.15) is 17.4 Å². The molecular weight excluding hydrogens is 318 g/mol. The van der Waals surface area contributed by atoms with Gasteiger partial charge in [-0.05, 0) is 49.4 Å². The average molecular weight is 334 g/mol. The zero-order chi connectivity index (χ0) is 17.5. The third-order valence-electron chi connectivity index (χ3n) is 3.03. The lowest BCUT2D eigenvalue weighted by Crippen LogP contribution is -2.28. The molecule has 2 N–H and O–H groups in total. The number of likely N-dealkylation sites (N-methyl/N-ethyl adjacent to an activating group) is 1. The first-order valence-corrected chi connectivity index (χ1v) is 7.25. The van der Waals surface area contributed by atoms with Crippen molar-refractivity contribution in [3.63, 3.8) is 0 Å². The van der Waals surface area contributed by atoms with Crippen LogP contribution in [-0.4, -0.2) is 25.0 Å². The van der Waals surface area contributed by atoms with Crippen LogP contribution in [0.3, 0.4) is 0 Å². The van der Waals surface area contributed by atoms with E-state index in [9.17, 15) is 18.4 Å². The highest BCUT2D eigenvalue weighted by molar-refractivity contribution is 6.04. The van der Waals surface area contributed by atoms with Crippen LogP contribution < -0.4 is 15.4 Å². The Labute approximate surface area is 137 Å². The Morgan fingerprint density at radius 2 is 1.79 bits per heavy atom. The van der Waals surface area contributed by atoms with Crippen LogP contribution in [0.5, 0.6) is 5.75 Å². The number of hydrogen-bond donors (Lipinski definition) is 2. The van der Waals surface area contributed by atoms with Gasteiger partial charge in [0.25, 0.3) is 11.8 Å². The zero-order valence-corrected chi connectivity index (χ0v) is 12.9. The van der Waals surface area contributed by atoms with Gasteiger partial charge in [0.15, 0.2) is 6.61 Å². The maximum absolute atomic E-state index is 13.5. The Bertz CT molecular complexity index is 733. The molecular formula is C17H16F2N2O3. The topological polar surface area (TPSA) is 67.4 Å². The van der Waals surface area contributed by atoms with Gasteiger partial charge in [0.05, 0.1) is 5.56 Å². The highest BCUT2D eigenvalue weighted by Crippen LogP contribution is 2.17. The molecule has 2 aromatic rings. The van der Waals surface area contributed by atoms with Crippen LogP contribution in [-0.2, 0) is 4.79 Å². The number of rotatable bonds is 6. The monoisotopic (exact) mass is 334 g/mol. The summed E-state index contributed by atoms with van der Waals surface area (Å²) in [7, 11) is 0. The summed E-state index contributed by atoms with van der Waals surface area (Å²) in [6, 6.07) is 8.82. The molecule has 0 aromatic heterocycles. The van der Waals surface area contributed by atoms with Gasteiger partial charge >= 0.3 is 0 Å². The van der Waals surface area contributed by atoms with Crippen LogP contribution in [0.1, 0.15) is 17.3 Å². The lowest BCUT2D eigenvalue weighted by Gasteiger charge is -2.09. The number of nitrogens with one attached hydrogen (secondary N) is 2. The predicted molar refractivity (Wildman–Crippen MR) is 84.9 cm³/mol. The third kappa shape index (κ3) is 4.77. The van der Waals surface area contributed by atoms with E-state index in [4.69, 9.17) is 4.74 Å². The van der Waals surface area contributed by atoms with Crippen LogP contribution in [0.15, 0.2) is 42.5 Å². The second kappa shape index (κ2) is 8.05. The lowest BCUT2D eigenvalue weighted by molar-refractivity contribution is -0.122. The molecule has 0 fully saturated rings. The van der Waals surface area contributed by atoms with E-state index in [1.165, 1.54) is 12.1 Å². The van der Waals surface area contributed by atoms with Gasteiger partial charge in [-0.25, -0.2) is 8.78 Å². The summed E-state index contributed by atoms with van der Waals surface area (Å²) >= 11 is 0. The Morgan fingerprint density at radius 3 is 2.46 bits per heavy atom. The van der Waals surface area contributed by atoms with E-state index in [2.05, 4.69) is 10.6 Å². The number of carbonyl (C=O) groups is 2. The van der Waals surface area contributed by atoms with Crippen LogP contribution >= 0.6 is 0 Å². The normalized spacial score (nSPS) is 10.1. The van der Waals surface area contributed by atoms with Crippen molar-refractivity contribution in [1.29, 1.82) is 0 Å². The fourth-order valence-corrected chi connectivity index (χ4v) is 1.90. The van der Waals surface area contributed by atoms with Crippen molar-refractivity contribution in [2.24, 2.45) is 0 Å². The SMILES string of the molecule is CCNC(=O)COc1ccc(NC(=O)c2cc(F)ccc2F)cc1. The van der Waals surface area contributed by atoms with Gasteiger partial charge in [-0.2, -0.15) is 0 Å². The molecule has 0 radical (unpaired) electrons. The molecule has 2 aromatic carbocycles. The first-order valence-electron chi connectivity index (χ1n) is 7.25. The van der Waals surface area contributed by atoms with Crippen molar-refractivity contribution < 1.29 is 23.1 Å². The number of benzene rings is 2. The molecule has 7 heteroatoms. The maximum Gasteiger partial charge on any atom is 0.258 e. The standard InChI is InChI=1S/C17H16F2N2O3/c1-2-20-16(22)10-24-13-6-4-12(5-7-13)21-17(23)14-9-11(18)3-8-15(14)19/h3-9H,2,10H2,1H3,(H,20,22)(H,21,23). The summed E-state index contributed by atoms with van der Waals surface area (Å²) in [5.74, 6) is -2.07. The largest absolute Gasteiger partial charge is 0.484 e. The smallest absolute Gasteiger partial charge is 0.258 e. The fraction of sp³-hybridized carbons (Fsp3) is 0.176. The zero-order valence-electron chi connectivity index (χ0n) is 12.9. The molecule has 2 amide bonds. The van der Waals surface area contributed by atoms with Gasteiger partial charge in [0.2, 0.25) is 0 Å². The van der Waals surface area contributed by atoms with Crippen molar-refractivity contribution in [1.82, 2.24) is 5.32 Å². The highest BCUT2D eigenvalue weighted by Gasteiger charge is 2.13. The molecule has 126 valence electrons. The Morgan fingerprint density at radius 1 is 1.08 bits per heavy atom. The molecule has 0 heterocycles. The van der Waals surface area contributed by atoms with E-state index in [-0.39, 0.29) is 18.1 Å². The van der Waals surface area contributed by atoms with Gasteiger partial charge in [-0.3, -0.25) is 9.59 Å². The van der Waals surface area contributed by atoms with Crippen molar-refractivity contribution in [2.45, 2.75) is 6.92 Å². The summed E-state index contributed by atoms with van der Waals surface area (Å²) < 4.78 is 31.9. The Balaban J connectivity index is 1.97. The molecule has 0 spiro atoms. The summed E-state index contributed by atoms with van der Waals surface area (Å²) in [4.78, 5) is 23.2. The minimum absolute atomic E-state index is 0.117. The molecule has 0 bridgehead atoms. The summed E-state index contributed by atoms with van der Waals surface area (Å²) in [6.45, 7) is 2.20. The molecule has 0 aliphatic heterocycles. The van der Waals surface area contributed by atoms with Crippen LogP contribution in [0, 0.1) is 11.6 Å². The number of ether oxygens (including phenoxy) is 1. The van der Waals surface area contributed by atoms with Crippen molar-refractivity contribution >= 4 is 17.5 Å². The second-order valence-corrected chi connectivity index (χ2v) is 4.84. The first kappa shape index (κ1) is 17.4. The summed E-state index contributed by atoms with van der Waals surface area (Å²) in [5, 5.41) is 5.05. The molecule has 0 saturated carbocycles. The number of halogens is 2. The molecule has 0 aliphatic rings. The third-order valence-corrected chi connectivity index (χ3v) is 3.03. The number of anilines is 1. The minimum Gasteiger partial charge on any atom is -0.484 e. The number of hydrogen-bond acceptors (Lipinski definition) is 3. The van der Waals surface area contributed by atoms with Crippen molar-refractivity contribution in [3.05, 3.63) is 59.7 Å². The quantitative estimate of drug-likeness (QED) is 0.853. The fourth-order valence-electron chi connectivity index (χ4n) is 1.90. The highest BCUT2D eigenvalue weighted by atomic mass is 19.1. The Hall–Kier alpha value is -2.96. The van der Waals surface area contributed by atoms with Crippen LogP contribution in [0.25, 0.3) is 0 Å². The van der Waals surface area contributed by atoms with E-state index >= 15 is 0 Å². The van der Waals surface area contributed by atoms with E-state index < -0.39 is 17.5 Å².